The van der Waals surface area contributed by atoms with Gasteiger partial charge in [-0.1, -0.05) is 18.2 Å². The van der Waals surface area contributed by atoms with Crippen LogP contribution < -0.4 is 5.32 Å². The summed E-state index contributed by atoms with van der Waals surface area (Å²) in [6.07, 6.45) is 5.99. The number of benzene rings is 1. The molecule has 0 bridgehead atoms. The van der Waals surface area contributed by atoms with E-state index in [1.165, 1.54) is 5.69 Å². The number of hydrogen-bond acceptors (Lipinski definition) is 3. The Labute approximate surface area is 137 Å². The molecular formula is C18H16BrN3. The minimum absolute atomic E-state index is 0.503. The molecular weight excluding hydrogens is 338 g/mol. The maximum atomic E-state index is 4.55. The van der Waals surface area contributed by atoms with Gasteiger partial charge in [-0.05, 0) is 53.0 Å². The number of halogens is 1. The van der Waals surface area contributed by atoms with Crippen molar-refractivity contribution in [3.8, 4) is 0 Å². The molecule has 2 aromatic heterocycles. The minimum Gasteiger partial charge on any atom is -0.381 e. The third-order valence-electron chi connectivity index (χ3n) is 4.28. The number of aromatic nitrogens is 2. The second-order valence-corrected chi connectivity index (χ2v) is 6.71. The van der Waals surface area contributed by atoms with Crippen molar-refractivity contribution in [2.75, 3.05) is 5.32 Å². The summed E-state index contributed by atoms with van der Waals surface area (Å²) in [7, 11) is 0. The average molecular weight is 354 g/mol. The summed E-state index contributed by atoms with van der Waals surface area (Å²) in [4.78, 5) is 9.00. The van der Waals surface area contributed by atoms with Gasteiger partial charge in [0.2, 0.25) is 0 Å². The summed E-state index contributed by atoms with van der Waals surface area (Å²) in [5.74, 6) is 0.579. The average Bonchev–Trinajstić information content (AvgIpc) is 2.51. The molecule has 1 N–H and O–H groups in total. The molecule has 1 aliphatic carbocycles. The molecule has 1 fully saturated rings. The van der Waals surface area contributed by atoms with E-state index in [0.29, 0.717) is 12.0 Å². The van der Waals surface area contributed by atoms with Crippen LogP contribution in [0.2, 0.25) is 0 Å². The van der Waals surface area contributed by atoms with Crippen molar-refractivity contribution >= 4 is 32.5 Å². The molecule has 0 atom stereocenters. The van der Waals surface area contributed by atoms with Crippen molar-refractivity contribution in [2.45, 2.75) is 24.8 Å². The second-order valence-electron chi connectivity index (χ2n) is 5.80. The number of pyridine rings is 2. The Kier molecular flexibility index (Phi) is 3.54. The molecule has 1 aromatic carbocycles. The number of nitrogens with zero attached hydrogens (tertiary/aromatic N) is 2. The first-order chi connectivity index (χ1) is 10.8. The van der Waals surface area contributed by atoms with Crippen molar-refractivity contribution in [1.82, 2.24) is 9.97 Å². The molecule has 0 radical (unpaired) electrons. The molecule has 0 unspecified atom stereocenters. The molecule has 0 amide bonds. The van der Waals surface area contributed by atoms with Gasteiger partial charge < -0.3 is 5.32 Å². The van der Waals surface area contributed by atoms with Crippen LogP contribution in [0.3, 0.4) is 0 Å². The summed E-state index contributed by atoms with van der Waals surface area (Å²) >= 11 is 3.48. The largest absolute Gasteiger partial charge is 0.381 e. The molecule has 1 saturated carbocycles. The van der Waals surface area contributed by atoms with E-state index in [9.17, 15) is 0 Å². The molecule has 0 spiro atoms. The van der Waals surface area contributed by atoms with Crippen molar-refractivity contribution in [2.24, 2.45) is 0 Å². The van der Waals surface area contributed by atoms with E-state index >= 15 is 0 Å². The summed E-state index contributed by atoms with van der Waals surface area (Å²) in [5.41, 5.74) is 3.36. The molecule has 4 heteroatoms. The molecule has 110 valence electrons. The van der Waals surface area contributed by atoms with E-state index in [2.05, 4.69) is 67.6 Å². The number of anilines is 1. The lowest BCUT2D eigenvalue weighted by Crippen LogP contribution is -2.34. The summed E-state index contributed by atoms with van der Waals surface area (Å²) in [5, 5.41) is 4.79. The van der Waals surface area contributed by atoms with Crippen molar-refractivity contribution in [1.29, 1.82) is 0 Å². The number of hydrogen-bond donors (Lipinski definition) is 1. The third kappa shape index (κ3) is 2.59. The standard InChI is InChI=1S/C18H16BrN3/c19-14-8-12-4-3-6-17(18(12)21-11-14)22-15-9-13(10-15)16-5-1-2-7-20-16/h1-8,11,13,15,22H,9-10H2. The van der Waals surface area contributed by atoms with Gasteiger partial charge in [0.1, 0.15) is 0 Å². The first kappa shape index (κ1) is 13.7. The fourth-order valence-corrected chi connectivity index (χ4v) is 3.41. The van der Waals surface area contributed by atoms with Gasteiger partial charge >= 0.3 is 0 Å². The van der Waals surface area contributed by atoms with E-state index in [1.54, 1.807) is 0 Å². The molecule has 3 aromatic rings. The molecule has 22 heavy (non-hydrogen) atoms. The van der Waals surface area contributed by atoms with Crippen LogP contribution in [0.5, 0.6) is 0 Å². The van der Waals surface area contributed by atoms with Crippen LogP contribution in [0.4, 0.5) is 5.69 Å². The predicted molar refractivity (Wildman–Crippen MR) is 93.1 cm³/mol. The van der Waals surface area contributed by atoms with Crippen LogP contribution >= 0.6 is 15.9 Å². The van der Waals surface area contributed by atoms with Gasteiger partial charge in [-0.25, -0.2) is 0 Å². The lowest BCUT2D eigenvalue weighted by Gasteiger charge is -2.36. The third-order valence-corrected chi connectivity index (χ3v) is 4.72. The van der Waals surface area contributed by atoms with Crippen LogP contribution in [0.15, 0.2) is 59.3 Å². The highest BCUT2D eigenvalue weighted by Crippen LogP contribution is 2.38. The van der Waals surface area contributed by atoms with Gasteiger partial charge in [0, 0.05) is 39.9 Å². The van der Waals surface area contributed by atoms with E-state index in [1.807, 2.05) is 18.5 Å². The summed E-state index contributed by atoms with van der Waals surface area (Å²) in [6.45, 7) is 0. The smallest absolute Gasteiger partial charge is 0.0934 e. The first-order valence-electron chi connectivity index (χ1n) is 7.51. The predicted octanol–water partition coefficient (Wildman–Crippen LogP) is 4.75. The van der Waals surface area contributed by atoms with Crippen molar-refractivity contribution in [3.63, 3.8) is 0 Å². The Balaban J connectivity index is 1.49. The molecule has 1 aliphatic rings. The highest BCUT2D eigenvalue weighted by atomic mass is 79.9. The summed E-state index contributed by atoms with van der Waals surface area (Å²) < 4.78 is 1.01. The van der Waals surface area contributed by atoms with Crippen LogP contribution in [-0.4, -0.2) is 16.0 Å². The van der Waals surface area contributed by atoms with Gasteiger partial charge in [0.15, 0.2) is 0 Å². The molecule has 0 aliphatic heterocycles. The fourth-order valence-electron chi connectivity index (χ4n) is 3.07. The van der Waals surface area contributed by atoms with Crippen LogP contribution in [0.1, 0.15) is 24.5 Å². The van der Waals surface area contributed by atoms with Gasteiger partial charge in [-0.15, -0.1) is 0 Å². The molecule has 3 nitrogen and oxygen atoms in total. The Morgan fingerprint density at radius 2 is 1.95 bits per heavy atom. The zero-order valence-corrected chi connectivity index (χ0v) is 13.6. The quantitative estimate of drug-likeness (QED) is 0.738. The maximum absolute atomic E-state index is 4.55. The maximum Gasteiger partial charge on any atom is 0.0934 e. The normalized spacial score (nSPS) is 20.6. The van der Waals surface area contributed by atoms with Crippen molar-refractivity contribution < 1.29 is 0 Å². The number of rotatable bonds is 3. The first-order valence-corrected chi connectivity index (χ1v) is 8.30. The van der Waals surface area contributed by atoms with Crippen LogP contribution in [0, 0.1) is 0 Å². The molecule has 2 heterocycles. The lowest BCUT2D eigenvalue weighted by molar-refractivity contribution is 0.367. The monoisotopic (exact) mass is 353 g/mol. The highest BCUT2D eigenvalue weighted by Gasteiger charge is 2.31. The highest BCUT2D eigenvalue weighted by molar-refractivity contribution is 9.10. The van der Waals surface area contributed by atoms with E-state index < -0.39 is 0 Å². The Hall–Kier alpha value is -1.94. The lowest BCUT2D eigenvalue weighted by atomic mass is 9.78. The van der Waals surface area contributed by atoms with Gasteiger partial charge in [-0.2, -0.15) is 0 Å². The van der Waals surface area contributed by atoms with Gasteiger partial charge in [0.05, 0.1) is 11.2 Å². The Morgan fingerprint density at radius 3 is 2.77 bits per heavy atom. The number of fused-ring (bicyclic) bond motifs is 1. The van der Waals surface area contributed by atoms with E-state index in [-0.39, 0.29) is 0 Å². The Bertz CT molecular complexity index is 798. The van der Waals surface area contributed by atoms with Crippen LogP contribution in [0.25, 0.3) is 10.9 Å². The van der Waals surface area contributed by atoms with Gasteiger partial charge in [0.25, 0.3) is 0 Å². The SMILES string of the molecule is Brc1cnc2c(NC3CC(c4ccccn4)C3)cccc2c1. The van der Waals surface area contributed by atoms with Gasteiger partial charge in [-0.3, -0.25) is 9.97 Å². The van der Waals surface area contributed by atoms with E-state index in [0.717, 1.165) is 33.9 Å². The fraction of sp³-hybridized carbons (Fsp3) is 0.222. The number of nitrogens with one attached hydrogen (secondary N) is 1. The minimum atomic E-state index is 0.503. The zero-order valence-electron chi connectivity index (χ0n) is 12.0. The zero-order chi connectivity index (χ0) is 14.9. The van der Waals surface area contributed by atoms with Crippen molar-refractivity contribution in [3.05, 3.63) is 65.0 Å². The Morgan fingerprint density at radius 1 is 1.05 bits per heavy atom. The molecule has 0 saturated heterocycles. The van der Waals surface area contributed by atoms with Crippen LogP contribution in [-0.2, 0) is 0 Å². The topological polar surface area (TPSA) is 37.8 Å². The number of para-hydroxylation sites is 1. The van der Waals surface area contributed by atoms with E-state index in [4.69, 9.17) is 0 Å². The summed E-state index contributed by atoms with van der Waals surface area (Å²) in [6, 6.07) is 15.0. The second kappa shape index (κ2) is 5.69. The molecule has 4 rings (SSSR count).